The highest BCUT2D eigenvalue weighted by atomic mass is 32.2. The Hall–Kier alpha value is -0.540. The largest absolute Gasteiger partial charge is 0.308 e. The molecular formula is C14H20FNS. The van der Waals surface area contributed by atoms with Gasteiger partial charge in [0.05, 0.1) is 0 Å². The molecule has 1 atom stereocenters. The number of hydrogen-bond acceptors (Lipinski definition) is 2. The van der Waals surface area contributed by atoms with Gasteiger partial charge in [0, 0.05) is 23.9 Å². The molecule has 1 heterocycles. The molecule has 1 aliphatic heterocycles. The SMILES string of the molecule is CC1(C)CCSCC1NCc1ccccc1F. The molecule has 1 aliphatic rings. The molecule has 1 aromatic rings. The molecule has 1 N–H and O–H groups in total. The van der Waals surface area contributed by atoms with E-state index in [1.165, 1.54) is 18.2 Å². The predicted octanol–water partition coefficient (Wildman–Crippen LogP) is 3.45. The highest BCUT2D eigenvalue weighted by Crippen LogP contribution is 2.34. The third-order valence-electron chi connectivity index (χ3n) is 3.62. The van der Waals surface area contributed by atoms with Crippen molar-refractivity contribution < 1.29 is 4.39 Å². The average Bonchev–Trinajstić information content (AvgIpc) is 2.29. The van der Waals surface area contributed by atoms with E-state index in [9.17, 15) is 4.39 Å². The van der Waals surface area contributed by atoms with Crippen molar-refractivity contribution >= 4 is 11.8 Å². The maximum atomic E-state index is 13.5. The lowest BCUT2D eigenvalue weighted by atomic mass is 9.82. The summed E-state index contributed by atoms with van der Waals surface area (Å²) in [6.07, 6.45) is 1.23. The van der Waals surface area contributed by atoms with Crippen molar-refractivity contribution in [2.75, 3.05) is 11.5 Å². The second kappa shape index (κ2) is 5.40. The van der Waals surface area contributed by atoms with E-state index in [0.717, 1.165) is 11.3 Å². The van der Waals surface area contributed by atoms with E-state index in [2.05, 4.69) is 19.2 Å². The zero-order chi connectivity index (χ0) is 12.3. The van der Waals surface area contributed by atoms with Crippen molar-refractivity contribution in [3.05, 3.63) is 35.6 Å². The number of thioether (sulfide) groups is 1. The molecule has 1 aromatic carbocycles. The summed E-state index contributed by atoms with van der Waals surface area (Å²) in [5.41, 5.74) is 1.08. The van der Waals surface area contributed by atoms with Crippen LogP contribution in [0.5, 0.6) is 0 Å². The number of benzene rings is 1. The highest BCUT2D eigenvalue weighted by Gasteiger charge is 2.32. The zero-order valence-electron chi connectivity index (χ0n) is 10.5. The first kappa shape index (κ1) is 12.9. The Morgan fingerprint density at radius 2 is 2.18 bits per heavy atom. The Morgan fingerprint density at radius 1 is 1.41 bits per heavy atom. The molecule has 1 unspecified atom stereocenters. The van der Waals surface area contributed by atoms with Crippen molar-refractivity contribution in [1.82, 2.24) is 5.32 Å². The number of rotatable bonds is 3. The van der Waals surface area contributed by atoms with E-state index >= 15 is 0 Å². The quantitative estimate of drug-likeness (QED) is 0.885. The maximum absolute atomic E-state index is 13.5. The van der Waals surface area contributed by atoms with Crippen LogP contribution in [0, 0.1) is 11.2 Å². The molecule has 0 radical (unpaired) electrons. The lowest BCUT2D eigenvalue weighted by molar-refractivity contribution is 0.244. The first-order valence-corrected chi connectivity index (χ1v) is 7.29. The molecule has 17 heavy (non-hydrogen) atoms. The minimum absolute atomic E-state index is 0.110. The van der Waals surface area contributed by atoms with Crippen LogP contribution < -0.4 is 5.32 Å². The third kappa shape index (κ3) is 3.23. The molecular weight excluding hydrogens is 233 g/mol. The lowest BCUT2D eigenvalue weighted by Gasteiger charge is -2.39. The maximum Gasteiger partial charge on any atom is 0.127 e. The van der Waals surface area contributed by atoms with Gasteiger partial charge < -0.3 is 5.32 Å². The number of nitrogens with one attached hydrogen (secondary N) is 1. The van der Waals surface area contributed by atoms with Crippen LogP contribution in [0.25, 0.3) is 0 Å². The fourth-order valence-electron chi connectivity index (χ4n) is 2.15. The van der Waals surface area contributed by atoms with Crippen LogP contribution in [0.1, 0.15) is 25.8 Å². The minimum Gasteiger partial charge on any atom is -0.308 e. The summed E-state index contributed by atoms with van der Waals surface area (Å²) in [7, 11) is 0. The second-order valence-corrected chi connectivity index (χ2v) is 6.49. The molecule has 0 saturated carbocycles. The van der Waals surface area contributed by atoms with Gasteiger partial charge in [-0.25, -0.2) is 4.39 Å². The Labute approximate surface area is 107 Å². The van der Waals surface area contributed by atoms with Crippen molar-refractivity contribution in [1.29, 1.82) is 0 Å². The summed E-state index contributed by atoms with van der Waals surface area (Å²) in [5, 5.41) is 3.51. The normalized spacial score (nSPS) is 23.6. The zero-order valence-corrected chi connectivity index (χ0v) is 11.3. The highest BCUT2D eigenvalue weighted by molar-refractivity contribution is 7.99. The summed E-state index contributed by atoms with van der Waals surface area (Å²) < 4.78 is 13.5. The standard InChI is InChI=1S/C14H20FNS/c1-14(2)7-8-17-10-13(14)16-9-11-5-3-4-6-12(11)15/h3-6,13,16H,7-10H2,1-2H3. The lowest BCUT2D eigenvalue weighted by Crippen LogP contribution is -2.46. The Balaban J connectivity index is 1.96. The van der Waals surface area contributed by atoms with Crippen LogP contribution in [0.4, 0.5) is 4.39 Å². The van der Waals surface area contributed by atoms with Gasteiger partial charge in [-0.05, 0) is 23.7 Å². The average molecular weight is 253 g/mol. The van der Waals surface area contributed by atoms with Gasteiger partial charge >= 0.3 is 0 Å². The van der Waals surface area contributed by atoms with Gasteiger partial charge in [-0.2, -0.15) is 11.8 Å². The van der Waals surface area contributed by atoms with E-state index in [1.54, 1.807) is 6.07 Å². The van der Waals surface area contributed by atoms with Gasteiger partial charge in [-0.15, -0.1) is 0 Å². The fraction of sp³-hybridized carbons (Fsp3) is 0.571. The van der Waals surface area contributed by atoms with E-state index in [1.807, 2.05) is 23.9 Å². The molecule has 0 amide bonds. The summed E-state index contributed by atoms with van der Waals surface area (Å²) in [6, 6.07) is 7.48. The van der Waals surface area contributed by atoms with Crippen LogP contribution >= 0.6 is 11.8 Å². The minimum atomic E-state index is -0.110. The Morgan fingerprint density at radius 3 is 2.88 bits per heavy atom. The molecule has 1 saturated heterocycles. The molecule has 1 fully saturated rings. The monoisotopic (exact) mass is 253 g/mol. The summed E-state index contributed by atoms with van der Waals surface area (Å²) >= 11 is 1.99. The van der Waals surface area contributed by atoms with Crippen molar-refractivity contribution in [2.45, 2.75) is 32.9 Å². The fourth-order valence-corrected chi connectivity index (χ4v) is 3.79. The Bertz CT molecular complexity index is 378. The van der Waals surface area contributed by atoms with Crippen LogP contribution in [-0.2, 0) is 6.54 Å². The second-order valence-electron chi connectivity index (χ2n) is 5.34. The third-order valence-corrected chi connectivity index (χ3v) is 4.68. The predicted molar refractivity (Wildman–Crippen MR) is 72.8 cm³/mol. The van der Waals surface area contributed by atoms with E-state index in [0.29, 0.717) is 18.0 Å². The molecule has 0 spiro atoms. The van der Waals surface area contributed by atoms with Gasteiger partial charge in [0.2, 0.25) is 0 Å². The number of halogens is 1. The first-order chi connectivity index (χ1) is 8.09. The van der Waals surface area contributed by atoms with E-state index < -0.39 is 0 Å². The van der Waals surface area contributed by atoms with E-state index in [4.69, 9.17) is 0 Å². The summed E-state index contributed by atoms with van der Waals surface area (Å²) in [6.45, 7) is 5.22. The molecule has 94 valence electrons. The van der Waals surface area contributed by atoms with Crippen LogP contribution in [-0.4, -0.2) is 17.5 Å². The first-order valence-electron chi connectivity index (χ1n) is 6.14. The van der Waals surface area contributed by atoms with E-state index in [-0.39, 0.29) is 5.82 Å². The molecule has 2 rings (SSSR count). The summed E-state index contributed by atoms with van der Waals surface area (Å²) in [4.78, 5) is 0. The molecule has 0 aliphatic carbocycles. The summed E-state index contributed by atoms with van der Waals surface area (Å²) in [5.74, 6) is 2.26. The molecule has 0 bridgehead atoms. The van der Waals surface area contributed by atoms with Crippen LogP contribution in [0.2, 0.25) is 0 Å². The van der Waals surface area contributed by atoms with Crippen LogP contribution in [0.15, 0.2) is 24.3 Å². The van der Waals surface area contributed by atoms with Crippen molar-refractivity contribution in [2.24, 2.45) is 5.41 Å². The van der Waals surface area contributed by atoms with Gasteiger partial charge in [0.1, 0.15) is 5.82 Å². The van der Waals surface area contributed by atoms with Gasteiger partial charge in [0.15, 0.2) is 0 Å². The molecule has 3 heteroatoms. The van der Waals surface area contributed by atoms with Gasteiger partial charge in [0.25, 0.3) is 0 Å². The van der Waals surface area contributed by atoms with Crippen molar-refractivity contribution in [3.8, 4) is 0 Å². The Kier molecular flexibility index (Phi) is 4.10. The smallest absolute Gasteiger partial charge is 0.127 e. The number of hydrogen-bond donors (Lipinski definition) is 1. The van der Waals surface area contributed by atoms with Crippen LogP contribution in [0.3, 0.4) is 0 Å². The van der Waals surface area contributed by atoms with Crippen molar-refractivity contribution in [3.63, 3.8) is 0 Å². The molecule has 1 nitrogen and oxygen atoms in total. The molecule has 0 aromatic heterocycles. The van der Waals surface area contributed by atoms with Gasteiger partial charge in [-0.3, -0.25) is 0 Å². The topological polar surface area (TPSA) is 12.0 Å². The van der Waals surface area contributed by atoms with Gasteiger partial charge in [-0.1, -0.05) is 32.0 Å².